The van der Waals surface area contributed by atoms with E-state index in [4.69, 9.17) is 0 Å². The largest absolute Gasteiger partial charge is 0.338 e. The highest BCUT2D eigenvalue weighted by Crippen LogP contribution is 2.27. The molecule has 1 amide bonds. The maximum absolute atomic E-state index is 13.2. The summed E-state index contributed by atoms with van der Waals surface area (Å²) in [7, 11) is 2.01. The van der Waals surface area contributed by atoms with Crippen molar-refractivity contribution in [2.24, 2.45) is 7.05 Å². The SMILES string of the molecule is Cn1ccnc1[C@@H]1CCCN(C(=O)c2ccccc2-n2cccn2)C1. The van der Waals surface area contributed by atoms with Crippen molar-refractivity contribution in [3.8, 4) is 5.69 Å². The van der Waals surface area contributed by atoms with Crippen LogP contribution in [0.15, 0.2) is 55.1 Å². The minimum atomic E-state index is 0.0602. The number of benzene rings is 1. The number of carbonyl (C=O) groups excluding carboxylic acids is 1. The van der Waals surface area contributed by atoms with Crippen LogP contribution in [0, 0.1) is 0 Å². The third-order valence-corrected chi connectivity index (χ3v) is 4.82. The second-order valence-electron chi connectivity index (χ2n) is 6.45. The topological polar surface area (TPSA) is 56.0 Å². The van der Waals surface area contributed by atoms with Crippen molar-refractivity contribution in [1.29, 1.82) is 0 Å². The number of nitrogens with zero attached hydrogens (tertiary/aromatic N) is 5. The highest BCUT2D eigenvalue weighted by Gasteiger charge is 2.28. The van der Waals surface area contributed by atoms with Gasteiger partial charge in [-0.1, -0.05) is 12.1 Å². The van der Waals surface area contributed by atoms with Gasteiger partial charge in [0.15, 0.2) is 0 Å². The van der Waals surface area contributed by atoms with E-state index >= 15 is 0 Å². The molecule has 1 saturated heterocycles. The maximum atomic E-state index is 13.2. The van der Waals surface area contributed by atoms with Gasteiger partial charge < -0.3 is 9.47 Å². The van der Waals surface area contributed by atoms with E-state index in [1.165, 1.54) is 0 Å². The van der Waals surface area contributed by atoms with Crippen LogP contribution in [0.1, 0.15) is 34.9 Å². The first-order valence-electron chi connectivity index (χ1n) is 8.59. The number of hydrogen-bond donors (Lipinski definition) is 0. The molecule has 4 rings (SSSR count). The lowest BCUT2D eigenvalue weighted by atomic mass is 9.96. The zero-order valence-electron chi connectivity index (χ0n) is 14.2. The van der Waals surface area contributed by atoms with Gasteiger partial charge in [0, 0.05) is 50.8 Å². The van der Waals surface area contributed by atoms with Crippen LogP contribution in [0.25, 0.3) is 5.69 Å². The molecule has 0 N–H and O–H groups in total. The van der Waals surface area contributed by atoms with Crippen LogP contribution >= 0.6 is 0 Å². The molecule has 1 aliphatic heterocycles. The molecular formula is C19H21N5O. The Balaban J connectivity index is 1.60. The Morgan fingerprint density at radius 1 is 1.16 bits per heavy atom. The minimum Gasteiger partial charge on any atom is -0.338 e. The fourth-order valence-electron chi connectivity index (χ4n) is 3.58. The second-order valence-corrected chi connectivity index (χ2v) is 6.45. The van der Waals surface area contributed by atoms with Gasteiger partial charge in [-0.15, -0.1) is 0 Å². The second kappa shape index (κ2) is 6.55. The number of piperidine rings is 1. The fourth-order valence-corrected chi connectivity index (χ4v) is 3.58. The predicted octanol–water partition coefficient (Wildman–Crippen LogP) is 2.63. The van der Waals surface area contributed by atoms with Crippen LogP contribution in [0.3, 0.4) is 0 Å². The predicted molar refractivity (Wildman–Crippen MR) is 94.7 cm³/mol. The van der Waals surface area contributed by atoms with Gasteiger partial charge in [-0.2, -0.15) is 5.10 Å². The first-order valence-corrected chi connectivity index (χ1v) is 8.59. The van der Waals surface area contributed by atoms with Crippen molar-refractivity contribution in [2.75, 3.05) is 13.1 Å². The summed E-state index contributed by atoms with van der Waals surface area (Å²) in [6, 6.07) is 9.50. The molecule has 0 aliphatic carbocycles. The third kappa shape index (κ3) is 2.95. The summed E-state index contributed by atoms with van der Waals surface area (Å²) >= 11 is 0. The molecular weight excluding hydrogens is 314 g/mol. The molecule has 6 nitrogen and oxygen atoms in total. The van der Waals surface area contributed by atoms with Crippen LogP contribution in [-0.4, -0.2) is 43.2 Å². The molecule has 6 heteroatoms. The highest BCUT2D eigenvalue weighted by molar-refractivity contribution is 5.97. The van der Waals surface area contributed by atoms with Crippen molar-refractivity contribution in [3.05, 3.63) is 66.5 Å². The Labute approximate surface area is 146 Å². The lowest BCUT2D eigenvalue weighted by Gasteiger charge is -2.33. The van der Waals surface area contributed by atoms with Gasteiger partial charge in [-0.05, 0) is 31.0 Å². The number of para-hydroxylation sites is 1. The Morgan fingerprint density at radius 2 is 2.04 bits per heavy atom. The molecule has 25 heavy (non-hydrogen) atoms. The van der Waals surface area contributed by atoms with E-state index in [1.807, 2.05) is 60.9 Å². The average molecular weight is 335 g/mol. The summed E-state index contributed by atoms with van der Waals surface area (Å²) in [4.78, 5) is 19.6. The molecule has 1 fully saturated rings. The van der Waals surface area contributed by atoms with Crippen LogP contribution in [-0.2, 0) is 7.05 Å². The maximum Gasteiger partial charge on any atom is 0.256 e. The Hall–Kier alpha value is -2.89. The van der Waals surface area contributed by atoms with Gasteiger partial charge in [0.2, 0.25) is 0 Å². The Kier molecular flexibility index (Phi) is 4.09. The molecule has 0 saturated carbocycles. The molecule has 0 radical (unpaired) electrons. The first-order chi connectivity index (χ1) is 12.2. The van der Waals surface area contributed by atoms with E-state index in [9.17, 15) is 4.79 Å². The number of amides is 1. The zero-order chi connectivity index (χ0) is 17.2. The van der Waals surface area contributed by atoms with E-state index in [2.05, 4.69) is 14.6 Å². The first kappa shape index (κ1) is 15.6. The molecule has 1 aromatic carbocycles. The summed E-state index contributed by atoms with van der Waals surface area (Å²) in [5.74, 6) is 1.40. The fraction of sp³-hybridized carbons (Fsp3) is 0.316. The molecule has 1 aliphatic rings. The summed E-state index contributed by atoms with van der Waals surface area (Å²) < 4.78 is 3.80. The molecule has 0 bridgehead atoms. The summed E-state index contributed by atoms with van der Waals surface area (Å²) in [5, 5.41) is 4.27. The Morgan fingerprint density at radius 3 is 2.80 bits per heavy atom. The van der Waals surface area contributed by atoms with Crippen molar-refractivity contribution in [2.45, 2.75) is 18.8 Å². The standard InChI is InChI=1S/C19H21N5O/c1-22-13-10-20-18(22)15-6-4-11-23(14-15)19(25)16-7-2-3-8-17(16)24-12-5-9-21-24/h2-3,5,7-10,12-13,15H,4,6,11,14H2,1H3/t15-/m1/s1. The van der Waals surface area contributed by atoms with Crippen molar-refractivity contribution in [1.82, 2.24) is 24.2 Å². The average Bonchev–Trinajstić information content (AvgIpc) is 3.33. The molecule has 0 unspecified atom stereocenters. The van der Waals surface area contributed by atoms with Gasteiger partial charge in [-0.25, -0.2) is 9.67 Å². The van der Waals surface area contributed by atoms with Crippen LogP contribution in [0.4, 0.5) is 0 Å². The van der Waals surface area contributed by atoms with Gasteiger partial charge >= 0.3 is 0 Å². The summed E-state index contributed by atoms with van der Waals surface area (Å²) in [5.41, 5.74) is 1.50. The van der Waals surface area contributed by atoms with Crippen molar-refractivity contribution >= 4 is 5.91 Å². The van der Waals surface area contributed by atoms with Crippen molar-refractivity contribution < 1.29 is 4.79 Å². The number of likely N-dealkylation sites (tertiary alicyclic amines) is 1. The third-order valence-electron chi connectivity index (χ3n) is 4.82. The van der Waals surface area contributed by atoms with Crippen LogP contribution < -0.4 is 0 Å². The minimum absolute atomic E-state index is 0.0602. The summed E-state index contributed by atoms with van der Waals surface area (Å²) in [6.07, 6.45) is 9.42. The highest BCUT2D eigenvalue weighted by atomic mass is 16.2. The summed E-state index contributed by atoms with van der Waals surface area (Å²) in [6.45, 7) is 1.49. The van der Waals surface area contributed by atoms with Gasteiger partial charge in [0.1, 0.15) is 5.82 Å². The molecule has 0 spiro atoms. The smallest absolute Gasteiger partial charge is 0.256 e. The van der Waals surface area contributed by atoms with E-state index < -0.39 is 0 Å². The number of carbonyl (C=O) groups is 1. The number of imidazole rings is 1. The van der Waals surface area contributed by atoms with Crippen LogP contribution in [0.2, 0.25) is 0 Å². The van der Waals surface area contributed by atoms with Gasteiger partial charge in [0.25, 0.3) is 5.91 Å². The molecule has 2 aromatic heterocycles. The van der Waals surface area contributed by atoms with E-state index in [0.29, 0.717) is 12.1 Å². The normalized spacial score (nSPS) is 17.6. The number of aromatic nitrogens is 4. The molecule has 3 aromatic rings. The quantitative estimate of drug-likeness (QED) is 0.739. The monoisotopic (exact) mass is 335 g/mol. The van der Waals surface area contributed by atoms with E-state index in [1.54, 1.807) is 10.9 Å². The molecule has 128 valence electrons. The van der Waals surface area contributed by atoms with Gasteiger partial charge in [0.05, 0.1) is 11.3 Å². The lowest BCUT2D eigenvalue weighted by molar-refractivity contribution is 0.0703. The number of hydrogen-bond acceptors (Lipinski definition) is 3. The molecule has 3 heterocycles. The number of aryl methyl sites for hydroxylation is 1. The Bertz CT molecular complexity index is 868. The van der Waals surface area contributed by atoms with Crippen LogP contribution in [0.5, 0.6) is 0 Å². The van der Waals surface area contributed by atoms with E-state index in [-0.39, 0.29) is 11.8 Å². The number of rotatable bonds is 3. The van der Waals surface area contributed by atoms with E-state index in [0.717, 1.165) is 30.9 Å². The van der Waals surface area contributed by atoms with Crippen molar-refractivity contribution in [3.63, 3.8) is 0 Å². The lowest BCUT2D eigenvalue weighted by Crippen LogP contribution is -2.40. The van der Waals surface area contributed by atoms with Gasteiger partial charge in [-0.3, -0.25) is 4.79 Å². The molecule has 1 atom stereocenters. The zero-order valence-corrected chi connectivity index (χ0v) is 14.2.